The Labute approximate surface area is 223 Å². The first-order valence-corrected chi connectivity index (χ1v) is 12.5. The highest BCUT2D eigenvalue weighted by Crippen LogP contribution is 2.46. The molecule has 38 heavy (non-hydrogen) atoms. The third kappa shape index (κ3) is 6.29. The SMILES string of the molecule is CN1C(=CC(=O)COC(=O)[C@H](Cc2ccccc2)NC(=O)OCc2ccccc2)C(C)(C)c2ccccc21. The molecule has 4 rings (SSSR count). The Kier molecular flexibility index (Phi) is 8.26. The summed E-state index contributed by atoms with van der Waals surface area (Å²) in [7, 11) is 1.92. The predicted octanol–water partition coefficient (Wildman–Crippen LogP) is 4.95. The van der Waals surface area contributed by atoms with Gasteiger partial charge in [0.1, 0.15) is 12.6 Å². The van der Waals surface area contributed by atoms with Crippen molar-refractivity contribution in [3.8, 4) is 0 Å². The van der Waals surface area contributed by atoms with Gasteiger partial charge in [0.05, 0.1) is 0 Å². The predicted molar refractivity (Wildman–Crippen MR) is 146 cm³/mol. The summed E-state index contributed by atoms with van der Waals surface area (Å²) < 4.78 is 10.7. The zero-order valence-electron chi connectivity index (χ0n) is 21.8. The molecule has 0 aliphatic carbocycles. The van der Waals surface area contributed by atoms with E-state index in [1.807, 2.05) is 96.9 Å². The third-order valence-electron chi connectivity index (χ3n) is 6.67. The average molecular weight is 513 g/mol. The number of carbonyl (C=O) groups excluding carboxylic acids is 3. The molecule has 0 aromatic heterocycles. The quantitative estimate of drug-likeness (QED) is 0.323. The Morgan fingerprint density at radius 3 is 2.13 bits per heavy atom. The van der Waals surface area contributed by atoms with E-state index in [9.17, 15) is 14.4 Å². The normalized spacial score (nSPS) is 15.4. The van der Waals surface area contributed by atoms with E-state index in [1.54, 1.807) is 0 Å². The summed E-state index contributed by atoms with van der Waals surface area (Å²) in [5, 5.41) is 2.59. The van der Waals surface area contributed by atoms with E-state index in [2.05, 4.69) is 19.2 Å². The Balaban J connectivity index is 1.40. The number of ether oxygens (including phenoxy) is 2. The number of para-hydroxylation sites is 1. The number of rotatable bonds is 9. The van der Waals surface area contributed by atoms with Crippen LogP contribution in [0.3, 0.4) is 0 Å². The van der Waals surface area contributed by atoms with Crippen LogP contribution in [0.15, 0.2) is 96.7 Å². The maximum atomic E-state index is 13.0. The number of fused-ring (bicyclic) bond motifs is 1. The summed E-state index contributed by atoms with van der Waals surface area (Å²) in [5.74, 6) is -1.05. The molecular weight excluding hydrogens is 480 g/mol. The zero-order valence-corrected chi connectivity index (χ0v) is 21.8. The van der Waals surface area contributed by atoms with Gasteiger partial charge in [0.2, 0.25) is 0 Å². The van der Waals surface area contributed by atoms with Gasteiger partial charge in [-0.15, -0.1) is 0 Å². The number of nitrogens with zero attached hydrogens (tertiary/aromatic N) is 1. The van der Waals surface area contributed by atoms with Gasteiger partial charge in [-0.25, -0.2) is 9.59 Å². The minimum atomic E-state index is -1.02. The van der Waals surface area contributed by atoms with Gasteiger partial charge < -0.3 is 19.7 Å². The Morgan fingerprint density at radius 1 is 0.868 bits per heavy atom. The number of likely N-dealkylation sites (N-methyl/N-ethyl adjacent to an activating group) is 1. The van der Waals surface area contributed by atoms with Crippen LogP contribution >= 0.6 is 0 Å². The second kappa shape index (κ2) is 11.8. The summed E-state index contributed by atoms with van der Waals surface area (Å²) >= 11 is 0. The molecule has 0 bridgehead atoms. The molecule has 0 fully saturated rings. The molecule has 0 saturated heterocycles. The van der Waals surface area contributed by atoms with E-state index in [0.717, 1.165) is 28.1 Å². The third-order valence-corrected chi connectivity index (χ3v) is 6.67. The lowest BCUT2D eigenvalue weighted by atomic mass is 9.83. The molecule has 1 atom stereocenters. The van der Waals surface area contributed by atoms with Crippen LogP contribution in [0.5, 0.6) is 0 Å². The summed E-state index contributed by atoms with van der Waals surface area (Å²) in [5.41, 5.74) is 4.27. The van der Waals surface area contributed by atoms with Crippen LogP contribution in [0.1, 0.15) is 30.5 Å². The van der Waals surface area contributed by atoms with Crippen LogP contribution < -0.4 is 10.2 Å². The van der Waals surface area contributed by atoms with Crippen molar-refractivity contribution in [3.63, 3.8) is 0 Å². The van der Waals surface area contributed by atoms with Crippen LogP contribution in [-0.4, -0.2) is 37.5 Å². The maximum Gasteiger partial charge on any atom is 0.408 e. The molecule has 0 spiro atoms. The van der Waals surface area contributed by atoms with Crippen molar-refractivity contribution in [1.29, 1.82) is 0 Å². The van der Waals surface area contributed by atoms with Crippen molar-refractivity contribution in [2.24, 2.45) is 0 Å². The molecule has 0 radical (unpaired) electrons. The number of amides is 1. The van der Waals surface area contributed by atoms with E-state index in [-0.39, 0.29) is 24.2 Å². The maximum absolute atomic E-state index is 13.0. The van der Waals surface area contributed by atoms with Crippen LogP contribution in [0.25, 0.3) is 0 Å². The molecule has 7 heteroatoms. The molecule has 1 aliphatic heterocycles. The number of alkyl carbamates (subject to hydrolysis) is 1. The molecule has 1 aliphatic rings. The number of benzene rings is 3. The van der Waals surface area contributed by atoms with Crippen molar-refractivity contribution in [2.45, 2.75) is 38.3 Å². The second-order valence-corrected chi connectivity index (χ2v) is 9.75. The van der Waals surface area contributed by atoms with Gasteiger partial charge in [0, 0.05) is 36.3 Å². The molecule has 1 amide bonds. The summed E-state index contributed by atoms with van der Waals surface area (Å²) in [6.07, 6.45) is 0.980. The average Bonchev–Trinajstić information content (AvgIpc) is 3.12. The Hall–Kier alpha value is -4.39. The van der Waals surface area contributed by atoms with Gasteiger partial charge in [-0.2, -0.15) is 0 Å². The van der Waals surface area contributed by atoms with Gasteiger partial charge in [0.15, 0.2) is 12.4 Å². The number of carbonyl (C=O) groups is 3. The van der Waals surface area contributed by atoms with Gasteiger partial charge in [-0.1, -0.05) is 92.7 Å². The fourth-order valence-corrected chi connectivity index (χ4v) is 4.65. The smallest absolute Gasteiger partial charge is 0.408 e. The molecule has 0 saturated carbocycles. The summed E-state index contributed by atoms with van der Waals surface area (Å²) in [6.45, 7) is 3.74. The molecule has 196 valence electrons. The summed E-state index contributed by atoms with van der Waals surface area (Å²) in [6, 6.07) is 25.5. The van der Waals surface area contributed by atoms with Gasteiger partial charge in [-0.3, -0.25) is 4.79 Å². The van der Waals surface area contributed by atoms with E-state index < -0.39 is 24.7 Å². The lowest BCUT2D eigenvalue weighted by Gasteiger charge is -2.24. The monoisotopic (exact) mass is 512 g/mol. The lowest BCUT2D eigenvalue weighted by molar-refractivity contribution is -0.149. The first kappa shape index (κ1) is 26.7. The highest BCUT2D eigenvalue weighted by Gasteiger charge is 2.38. The minimum absolute atomic E-state index is 0.0670. The van der Waals surface area contributed by atoms with E-state index >= 15 is 0 Å². The second-order valence-electron chi connectivity index (χ2n) is 9.75. The van der Waals surface area contributed by atoms with Gasteiger partial charge >= 0.3 is 12.1 Å². The highest BCUT2D eigenvalue weighted by atomic mass is 16.6. The molecular formula is C31H32N2O5. The summed E-state index contributed by atoms with van der Waals surface area (Å²) in [4.78, 5) is 40.3. The molecule has 0 unspecified atom stereocenters. The molecule has 7 nitrogen and oxygen atoms in total. The Morgan fingerprint density at radius 2 is 1.47 bits per heavy atom. The standard InChI is InChI=1S/C31H32N2O5/c1-31(2)25-16-10-11-17-27(25)33(3)28(31)19-24(34)21-37-29(35)26(18-22-12-6-4-7-13-22)32-30(36)38-20-23-14-8-5-9-15-23/h4-17,19,26H,18,20-21H2,1-3H3,(H,32,36)/t26-/m0/s1. The van der Waals surface area contributed by atoms with E-state index in [4.69, 9.17) is 9.47 Å². The largest absolute Gasteiger partial charge is 0.456 e. The van der Waals surface area contributed by atoms with Crippen molar-refractivity contribution >= 4 is 23.5 Å². The van der Waals surface area contributed by atoms with Crippen LogP contribution in [0.2, 0.25) is 0 Å². The lowest BCUT2D eigenvalue weighted by Crippen LogP contribution is -2.44. The van der Waals surface area contributed by atoms with E-state index in [0.29, 0.717) is 0 Å². The first-order chi connectivity index (χ1) is 18.3. The van der Waals surface area contributed by atoms with Crippen molar-refractivity contribution < 1.29 is 23.9 Å². The van der Waals surface area contributed by atoms with Crippen LogP contribution in [0.4, 0.5) is 10.5 Å². The number of nitrogens with one attached hydrogen (secondary N) is 1. The van der Waals surface area contributed by atoms with E-state index in [1.165, 1.54) is 6.08 Å². The molecule has 3 aromatic rings. The van der Waals surface area contributed by atoms with Gasteiger partial charge in [0.25, 0.3) is 0 Å². The highest BCUT2D eigenvalue weighted by molar-refractivity contribution is 5.95. The van der Waals surface area contributed by atoms with Crippen molar-refractivity contribution in [3.05, 3.63) is 113 Å². The number of allylic oxidation sites excluding steroid dienone is 1. The number of esters is 1. The number of hydrogen-bond donors (Lipinski definition) is 1. The van der Waals surface area contributed by atoms with Gasteiger partial charge in [-0.05, 0) is 22.8 Å². The van der Waals surface area contributed by atoms with Crippen LogP contribution in [0, 0.1) is 0 Å². The number of ketones is 1. The fraction of sp³-hybridized carbons (Fsp3) is 0.258. The van der Waals surface area contributed by atoms with Crippen molar-refractivity contribution in [2.75, 3.05) is 18.6 Å². The fourth-order valence-electron chi connectivity index (χ4n) is 4.65. The first-order valence-electron chi connectivity index (χ1n) is 12.5. The Bertz CT molecular complexity index is 1320. The number of hydrogen-bond acceptors (Lipinski definition) is 6. The topological polar surface area (TPSA) is 84.9 Å². The molecule has 1 heterocycles. The molecule has 1 N–H and O–H groups in total. The van der Waals surface area contributed by atoms with Crippen LogP contribution in [-0.2, 0) is 37.5 Å². The molecule has 3 aromatic carbocycles. The zero-order chi connectivity index (χ0) is 27.1. The van der Waals surface area contributed by atoms with Crippen molar-refractivity contribution in [1.82, 2.24) is 5.32 Å². The minimum Gasteiger partial charge on any atom is -0.456 e. The number of anilines is 1.